The summed E-state index contributed by atoms with van der Waals surface area (Å²) in [6, 6.07) is 0.0428. The highest BCUT2D eigenvalue weighted by Gasteiger charge is 2.47. The number of allylic oxidation sites excluding steroid dienone is 2. The van der Waals surface area contributed by atoms with Crippen LogP contribution in [0, 0.1) is 11.8 Å². The number of carbonyl (C=O) groups is 1. The Balaban J connectivity index is 1.74. The summed E-state index contributed by atoms with van der Waals surface area (Å²) >= 11 is 11.1. The van der Waals surface area contributed by atoms with E-state index in [-0.39, 0.29) is 12.5 Å². The molecule has 2 bridgehead atoms. The van der Waals surface area contributed by atoms with Crippen LogP contribution < -0.4 is 10.6 Å². The lowest BCUT2D eigenvalue weighted by Crippen LogP contribution is -2.46. The number of fused-ring (bicyclic) bond motifs is 2. The molecule has 2 aliphatic heterocycles. The van der Waals surface area contributed by atoms with E-state index in [1.807, 2.05) is 0 Å². The lowest BCUT2D eigenvalue weighted by atomic mass is 9.77. The topological polar surface area (TPSA) is 70.6 Å². The fraction of sp³-hybridized carbons (Fsp3) is 0.783. The van der Waals surface area contributed by atoms with Crippen molar-refractivity contribution in [3.8, 4) is 0 Å². The van der Waals surface area contributed by atoms with Crippen molar-refractivity contribution >= 4 is 40.4 Å². The Labute approximate surface area is 192 Å². The molecule has 2 heterocycles. The molecule has 0 aromatic rings. The van der Waals surface area contributed by atoms with Crippen LogP contribution in [0.5, 0.6) is 0 Å². The van der Waals surface area contributed by atoms with Crippen LogP contribution in [0.15, 0.2) is 12.2 Å². The number of unbranched alkanes of at least 4 members (excludes halogenated alkanes) is 3. The molecule has 0 aromatic heterocycles. The van der Waals surface area contributed by atoms with Gasteiger partial charge < -0.3 is 20.5 Å². The summed E-state index contributed by atoms with van der Waals surface area (Å²) < 4.78 is 6.19. The molecule has 5 atom stereocenters. The van der Waals surface area contributed by atoms with E-state index in [1.54, 1.807) is 0 Å². The van der Waals surface area contributed by atoms with E-state index in [1.165, 1.54) is 12.8 Å². The highest BCUT2D eigenvalue weighted by Crippen LogP contribution is 2.44. The summed E-state index contributed by atoms with van der Waals surface area (Å²) in [7, 11) is 0. The minimum atomic E-state index is -0.725. The molecule has 2 aliphatic rings. The normalized spacial score (nSPS) is 26.1. The molecular formula is C23H38N2O3S2. The molecule has 170 valence electrons. The van der Waals surface area contributed by atoms with Crippen molar-refractivity contribution in [1.29, 1.82) is 0 Å². The Bertz CT molecular complexity index is 611. The predicted molar refractivity (Wildman–Crippen MR) is 130 cm³/mol. The van der Waals surface area contributed by atoms with Crippen LogP contribution in [-0.2, 0) is 9.53 Å². The smallest absolute Gasteiger partial charge is 0.303 e. The summed E-state index contributed by atoms with van der Waals surface area (Å²) in [5.74, 6) is 0.250. The molecule has 0 aliphatic carbocycles. The van der Waals surface area contributed by atoms with Crippen molar-refractivity contribution in [3.63, 3.8) is 0 Å². The quantitative estimate of drug-likeness (QED) is 0.198. The van der Waals surface area contributed by atoms with Crippen molar-refractivity contribution in [2.45, 2.75) is 96.3 Å². The second-order valence-electron chi connectivity index (χ2n) is 8.60. The Kier molecular flexibility index (Phi) is 11.2. The first-order valence-corrected chi connectivity index (χ1v) is 12.3. The van der Waals surface area contributed by atoms with Crippen LogP contribution in [0.1, 0.15) is 78.1 Å². The van der Waals surface area contributed by atoms with Crippen LogP contribution in [0.4, 0.5) is 0 Å². The average Bonchev–Trinajstić information content (AvgIpc) is 3.30. The molecule has 0 amide bonds. The lowest BCUT2D eigenvalue weighted by molar-refractivity contribution is -0.137. The zero-order valence-electron chi connectivity index (χ0n) is 18.4. The first kappa shape index (κ1) is 25.2. The van der Waals surface area contributed by atoms with Crippen molar-refractivity contribution in [1.82, 2.24) is 10.6 Å². The van der Waals surface area contributed by atoms with Gasteiger partial charge in [0.25, 0.3) is 0 Å². The van der Waals surface area contributed by atoms with Gasteiger partial charge in [0.15, 0.2) is 0 Å². The van der Waals surface area contributed by atoms with E-state index in [0.29, 0.717) is 30.5 Å². The fourth-order valence-electron chi connectivity index (χ4n) is 4.51. The number of ether oxygens (including phenoxy) is 1. The Morgan fingerprint density at radius 2 is 1.87 bits per heavy atom. The molecule has 3 N–H and O–H groups in total. The van der Waals surface area contributed by atoms with Crippen LogP contribution >= 0.6 is 24.4 Å². The number of aliphatic carboxylic acids is 1. The molecular weight excluding hydrogens is 416 g/mol. The number of thiocarbonyl (C=S) groups is 2. The Hall–Kier alpha value is -1.05. The van der Waals surface area contributed by atoms with Gasteiger partial charge in [0.05, 0.1) is 28.2 Å². The maximum absolute atomic E-state index is 10.6. The molecule has 0 radical (unpaired) electrons. The molecule has 1 unspecified atom stereocenters. The second kappa shape index (κ2) is 13.4. The lowest BCUT2D eigenvalue weighted by Gasteiger charge is -2.28. The van der Waals surface area contributed by atoms with Crippen LogP contribution in [0.2, 0.25) is 0 Å². The summed E-state index contributed by atoms with van der Waals surface area (Å²) in [5.41, 5.74) is 0. The SMILES string of the molecule is CCCCCC(=S)NC(C)C(=S)NC[C@H]1[C@@H](C/C=C\CCCC(=O)O)[C@H]2CC[C@@H]1O2. The first-order chi connectivity index (χ1) is 14.4. The number of carboxylic acid groups (broad SMARTS) is 1. The number of nitrogens with one attached hydrogen (secondary N) is 2. The van der Waals surface area contributed by atoms with Gasteiger partial charge in [0.2, 0.25) is 0 Å². The highest BCUT2D eigenvalue weighted by atomic mass is 32.1. The molecule has 2 fully saturated rings. The van der Waals surface area contributed by atoms with Gasteiger partial charge in [-0.05, 0) is 57.8 Å². The summed E-state index contributed by atoms with van der Waals surface area (Å²) in [5, 5.41) is 15.6. The minimum Gasteiger partial charge on any atom is -0.481 e. The van der Waals surface area contributed by atoms with Crippen molar-refractivity contribution in [2.24, 2.45) is 11.8 Å². The number of hydrogen-bond donors (Lipinski definition) is 3. The summed E-state index contributed by atoms with van der Waals surface area (Å²) in [4.78, 5) is 12.3. The van der Waals surface area contributed by atoms with E-state index < -0.39 is 5.97 Å². The third-order valence-corrected chi connectivity index (χ3v) is 7.04. The van der Waals surface area contributed by atoms with Gasteiger partial charge in [-0.25, -0.2) is 0 Å². The summed E-state index contributed by atoms with van der Waals surface area (Å²) in [6.07, 6.45) is 14.5. The van der Waals surface area contributed by atoms with Gasteiger partial charge in [-0.2, -0.15) is 0 Å². The highest BCUT2D eigenvalue weighted by molar-refractivity contribution is 7.80. The molecule has 30 heavy (non-hydrogen) atoms. The maximum Gasteiger partial charge on any atom is 0.303 e. The molecule has 5 nitrogen and oxygen atoms in total. The van der Waals surface area contributed by atoms with Gasteiger partial charge in [-0.1, -0.05) is 56.4 Å². The van der Waals surface area contributed by atoms with E-state index in [4.69, 9.17) is 34.3 Å². The van der Waals surface area contributed by atoms with Crippen molar-refractivity contribution in [3.05, 3.63) is 12.2 Å². The maximum atomic E-state index is 10.6. The van der Waals surface area contributed by atoms with Crippen LogP contribution in [0.25, 0.3) is 0 Å². The van der Waals surface area contributed by atoms with E-state index in [2.05, 4.69) is 36.6 Å². The van der Waals surface area contributed by atoms with E-state index in [0.717, 1.165) is 55.0 Å². The molecule has 2 rings (SSSR count). The van der Waals surface area contributed by atoms with Crippen LogP contribution in [-0.4, -0.2) is 45.8 Å². The largest absolute Gasteiger partial charge is 0.481 e. The number of carboxylic acids is 1. The van der Waals surface area contributed by atoms with E-state index in [9.17, 15) is 4.79 Å². The van der Waals surface area contributed by atoms with Crippen molar-refractivity contribution in [2.75, 3.05) is 6.54 Å². The zero-order valence-corrected chi connectivity index (χ0v) is 20.0. The third-order valence-electron chi connectivity index (χ3n) is 6.22. The van der Waals surface area contributed by atoms with Gasteiger partial charge in [0, 0.05) is 18.9 Å². The molecule has 0 spiro atoms. The molecule has 0 saturated carbocycles. The monoisotopic (exact) mass is 454 g/mol. The van der Waals surface area contributed by atoms with Crippen molar-refractivity contribution < 1.29 is 14.6 Å². The van der Waals surface area contributed by atoms with Gasteiger partial charge in [-0.3, -0.25) is 4.79 Å². The van der Waals surface area contributed by atoms with Gasteiger partial charge >= 0.3 is 5.97 Å². The Morgan fingerprint density at radius 1 is 1.13 bits per heavy atom. The summed E-state index contributed by atoms with van der Waals surface area (Å²) in [6.45, 7) is 5.10. The minimum absolute atomic E-state index is 0.0428. The zero-order chi connectivity index (χ0) is 21.9. The number of rotatable bonds is 14. The average molecular weight is 455 g/mol. The second-order valence-corrected chi connectivity index (χ2v) is 9.54. The molecule has 2 saturated heterocycles. The van der Waals surface area contributed by atoms with Gasteiger partial charge in [0.1, 0.15) is 0 Å². The molecule has 7 heteroatoms. The standard InChI is InChI=1S/C23H38N2O3S2/c1-3-4-7-11-21(29)25-16(2)23(30)24-15-18-17(19-13-14-20(18)28-19)10-8-5-6-9-12-22(26)27/h5,8,16-20H,3-4,6-7,9-15H2,1-2H3,(H,24,30)(H,25,29)(H,26,27)/b8-5-/t16?,17-,18+,19-,20+/m1/s1. The Morgan fingerprint density at radius 3 is 2.57 bits per heavy atom. The predicted octanol–water partition coefficient (Wildman–Crippen LogP) is 4.78. The number of hydrogen-bond acceptors (Lipinski definition) is 4. The van der Waals surface area contributed by atoms with Crippen LogP contribution in [0.3, 0.4) is 0 Å². The van der Waals surface area contributed by atoms with Gasteiger partial charge in [-0.15, -0.1) is 0 Å². The fourth-order valence-corrected chi connectivity index (χ4v) is 4.97. The third kappa shape index (κ3) is 8.23. The first-order valence-electron chi connectivity index (χ1n) is 11.5. The van der Waals surface area contributed by atoms with E-state index >= 15 is 0 Å². The molecule has 0 aromatic carbocycles.